The Kier molecular flexibility index (Phi) is 3.28. The fourth-order valence-corrected chi connectivity index (χ4v) is 2.91. The fourth-order valence-electron chi connectivity index (χ4n) is 1.86. The maximum Gasteiger partial charge on any atom is 0.411 e. The highest BCUT2D eigenvalue weighted by atomic mass is 32.2. The molecule has 1 aromatic rings. The lowest BCUT2D eigenvalue weighted by molar-refractivity contribution is -0.151. The largest absolute Gasteiger partial charge is 0.411 e. The van der Waals surface area contributed by atoms with E-state index >= 15 is 0 Å². The molecular weight excluding hydrogens is 279 g/mol. The van der Waals surface area contributed by atoms with Gasteiger partial charge in [-0.2, -0.15) is 13.2 Å². The molecule has 1 aromatic carbocycles. The Morgan fingerprint density at radius 2 is 1.84 bits per heavy atom. The zero-order valence-corrected chi connectivity index (χ0v) is 11.1. The molecule has 0 aliphatic heterocycles. The fraction of sp³-hybridized carbons (Fsp3) is 0.500. The summed E-state index contributed by atoms with van der Waals surface area (Å²) in [5, 5.41) is 2.37. The van der Waals surface area contributed by atoms with E-state index in [1.807, 2.05) is 0 Å². The predicted molar refractivity (Wildman–Crippen MR) is 65.8 cm³/mol. The summed E-state index contributed by atoms with van der Waals surface area (Å²) in [5.74, 6) is -0.148. The number of halogens is 3. The van der Waals surface area contributed by atoms with Gasteiger partial charge >= 0.3 is 6.18 Å². The zero-order valence-electron chi connectivity index (χ0n) is 10.3. The number of benzene rings is 1. The van der Waals surface area contributed by atoms with E-state index in [4.69, 9.17) is 0 Å². The van der Waals surface area contributed by atoms with E-state index in [1.165, 1.54) is 31.2 Å². The second kappa shape index (κ2) is 4.40. The summed E-state index contributed by atoms with van der Waals surface area (Å²) in [6, 6.07) is 5.71. The highest BCUT2D eigenvalue weighted by Gasteiger charge is 2.63. The van der Waals surface area contributed by atoms with Gasteiger partial charge in [-0.25, -0.2) is 8.42 Å². The van der Waals surface area contributed by atoms with Crippen LogP contribution in [0.15, 0.2) is 29.2 Å². The molecule has 0 atom stereocenters. The van der Waals surface area contributed by atoms with Crippen molar-refractivity contribution in [1.82, 2.24) is 0 Å². The van der Waals surface area contributed by atoms with Crippen LogP contribution in [0.4, 0.5) is 18.9 Å². The van der Waals surface area contributed by atoms with Gasteiger partial charge in [0.15, 0.2) is 9.84 Å². The average Bonchev–Trinajstić information content (AvgIpc) is 3.10. The standard InChI is InChI=1S/C12H14F3NO2S/c1-2-19(17,18)10-6-4-3-5-9(10)16-11(7-8-11)12(13,14)15/h3-6,16H,2,7-8H2,1H3. The van der Waals surface area contributed by atoms with Gasteiger partial charge in [0.05, 0.1) is 16.3 Å². The minimum absolute atomic E-state index is 0.0270. The van der Waals surface area contributed by atoms with Crippen LogP contribution in [0.2, 0.25) is 0 Å². The molecule has 0 heterocycles. The maximum absolute atomic E-state index is 12.9. The van der Waals surface area contributed by atoms with Gasteiger partial charge in [0.25, 0.3) is 0 Å². The van der Waals surface area contributed by atoms with Crippen molar-refractivity contribution in [2.45, 2.75) is 36.4 Å². The molecule has 1 saturated carbocycles. The van der Waals surface area contributed by atoms with Crippen LogP contribution in [-0.4, -0.2) is 25.9 Å². The minimum Gasteiger partial charge on any atom is -0.370 e. The number of para-hydroxylation sites is 1. The number of sulfone groups is 1. The molecule has 1 aliphatic rings. The van der Waals surface area contributed by atoms with Crippen LogP contribution in [0.1, 0.15) is 19.8 Å². The van der Waals surface area contributed by atoms with E-state index in [2.05, 4.69) is 5.32 Å². The molecule has 0 aromatic heterocycles. The van der Waals surface area contributed by atoms with Gasteiger partial charge in [0.1, 0.15) is 5.54 Å². The molecule has 1 fully saturated rings. The number of nitrogens with one attached hydrogen (secondary N) is 1. The number of hydrogen-bond donors (Lipinski definition) is 1. The molecule has 0 amide bonds. The van der Waals surface area contributed by atoms with E-state index in [-0.39, 0.29) is 29.2 Å². The summed E-state index contributed by atoms with van der Waals surface area (Å²) in [7, 11) is -3.55. The summed E-state index contributed by atoms with van der Waals surface area (Å²) in [6.07, 6.45) is -4.44. The number of alkyl halides is 3. The van der Waals surface area contributed by atoms with Crippen molar-refractivity contribution >= 4 is 15.5 Å². The molecule has 0 unspecified atom stereocenters. The van der Waals surface area contributed by atoms with Gasteiger partial charge in [0.2, 0.25) is 0 Å². The van der Waals surface area contributed by atoms with E-state index < -0.39 is 21.6 Å². The first kappa shape index (κ1) is 14.2. The normalized spacial score (nSPS) is 18.1. The van der Waals surface area contributed by atoms with E-state index in [0.717, 1.165) is 0 Å². The van der Waals surface area contributed by atoms with E-state index in [9.17, 15) is 21.6 Å². The summed E-state index contributed by atoms with van der Waals surface area (Å²) >= 11 is 0. The molecular formula is C12H14F3NO2S. The predicted octanol–water partition coefficient (Wildman–Crippen LogP) is 2.99. The van der Waals surface area contributed by atoms with Crippen molar-refractivity contribution in [1.29, 1.82) is 0 Å². The quantitative estimate of drug-likeness (QED) is 0.928. The van der Waals surface area contributed by atoms with Crippen LogP contribution >= 0.6 is 0 Å². The van der Waals surface area contributed by atoms with Crippen molar-refractivity contribution in [2.24, 2.45) is 0 Å². The van der Waals surface area contributed by atoms with Crippen molar-refractivity contribution in [3.05, 3.63) is 24.3 Å². The Bertz CT molecular complexity index is 577. The summed E-state index contributed by atoms with van der Waals surface area (Å²) in [5.41, 5.74) is -1.94. The second-order valence-corrected chi connectivity index (χ2v) is 6.85. The van der Waals surface area contributed by atoms with Crippen LogP contribution in [0, 0.1) is 0 Å². The first-order valence-corrected chi connectivity index (χ1v) is 7.54. The number of hydrogen-bond acceptors (Lipinski definition) is 3. The smallest absolute Gasteiger partial charge is 0.370 e. The summed E-state index contributed by atoms with van der Waals surface area (Å²) in [6.45, 7) is 1.46. The van der Waals surface area contributed by atoms with Gasteiger partial charge in [-0.15, -0.1) is 0 Å². The third kappa shape index (κ3) is 2.56. The van der Waals surface area contributed by atoms with Gasteiger partial charge in [-0.1, -0.05) is 19.1 Å². The first-order valence-electron chi connectivity index (χ1n) is 5.88. The lowest BCUT2D eigenvalue weighted by Crippen LogP contribution is -2.39. The van der Waals surface area contributed by atoms with Gasteiger partial charge in [-0.3, -0.25) is 0 Å². The van der Waals surface area contributed by atoms with E-state index in [1.54, 1.807) is 0 Å². The van der Waals surface area contributed by atoms with Crippen LogP contribution in [0.5, 0.6) is 0 Å². The Balaban J connectivity index is 2.38. The van der Waals surface area contributed by atoms with Crippen molar-refractivity contribution < 1.29 is 21.6 Å². The Labute approximate surface area is 109 Å². The van der Waals surface area contributed by atoms with Crippen molar-refractivity contribution in [3.8, 4) is 0 Å². The molecule has 3 nitrogen and oxygen atoms in total. The molecule has 0 radical (unpaired) electrons. The van der Waals surface area contributed by atoms with Gasteiger partial charge in [-0.05, 0) is 25.0 Å². The average molecular weight is 293 g/mol. The Morgan fingerprint density at radius 1 is 1.26 bits per heavy atom. The molecule has 0 saturated heterocycles. The Morgan fingerprint density at radius 3 is 2.32 bits per heavy atom. The first-order chi connectivity index (χ1) is 8.72. The second-order valence-electron chi connectivity index (χ2n) is 4.60. The monoisotopic (exact) mass is 293 g/mol. The van der Waals surface area contributed by atoms with Crippen LogP contribution in [-0.2, 0) is 9.84 Å². The molecule has 1 N–H and O–H groups in total. The number of rotatable bonds is 4. The number of anilines is 1. The van der Waals surface area contributed by atoms with Crippen molar-refractivity contribution in [3.63, 3.8) is 0 Å². The van der Waals surface area contributed by atoms with Crippen LogP contribution < -0.4 is 5.32 Å². The lowest BCUT2D eigenvalue weighted by Gasteiger charge is -2.23. The minimum atomic E-state index is -4.38. The molecule has 0 bridgehead atoms. The third-order valence-corrected chi connectivity index (χ3v) is 5.05. The topological polar surface area (TPSA) is 46.2 Å². The molecule has 1 aliphatic carbocycles. The van der Waals surface area contributed by atoms with Gasteiger partial charge in [0, 0.05) is 0 Å². The lowest BCUT2D eigenvalue weighted by atomic mass is 10.2. The highest BCUT2D eigenvalue weighted by molar-refractivity contribution is 7.91. The zero-order chi connectivity index (χ0) is 14.3. The van der Waals surface area contributed by atoms with E-state index in [0.29, 0.717) is 0 Å². The van der Waals surface area contributed by atoms with Crippen molar-refractivity contribution in [2.75, 3.05) is 11.1 Å². The molecule has 106 valence electrons. The van der Waals surface area contributed by atoms with Crippen LogP contribution in [0.3, 0.4) is 0 Å². The maximum atomic E-state index is 12.9. The molecule has 2 rings (SSSR count). The Hall–Kier alpha value is -1.24. The summed E-state index contributed by atoms with van der Waals surface area (Å²) in [4.78, 5) is -0.0759. The third-order valence-electron chi connectivity index (χ3n) is 3.27. The molecule has 0 spiro atoms. The summed E-state index contributed by atoms with van der Waals surface area (Å²) < 4.78 is 62.4. The SMILES string of the molecule is CCS(=O)(=O)c1ccccc1NC1(C(F)(F)F)CC1. The van der Waals surface area contributed by atoms with Crippen LogP contribution in [0.25, 0.3) is 0 Å². The highest BCUT2D eigenvalue weighted by Crippen LogP contribution is 2.51. The molecule has 19 heavy (non-hydrogen) atoms. The molecule has 7 heteroatoms. The van der Waals surface area contributed by atoms with Gasteiger partial charge < -0.3 is 5.32 Å².